The van der Waals surface area contributed by atoms with Crippen molar-refractivity contribution in [3.8, 4) is 22.6 Å². The van der Waals surface area contributed by atoms with Crippen LogP contribution in [0.4, 0.5) is 5.69 Å². The Balaban J connectivity index is 0.00000212. The van der Waals surface area contributed by atoms with E-state index in [1.54, 1.807) is 16.8 Å². The molecule has 0 bridgehead atoms. The van der Waals surface area contributed by atoms with Crippen molar-refractivity contribution in [1.82, 2.24) is 4.90 Å². The summed E-state index contributed by atoms with van der Waals surface area (Å²) in [5, 5.41) is -0.561. The number of hydrogen-bond donors (Lipinski definition) is 0. The largest absolute Gasteiger partial charge is 0.489 e. The Morgan fingerprint density at radius 3 is 1.92 bits per heavy atom. The number of nitrogens with zero attached hydrogens (tertiary/aromatic N) is 2. The van der Waals surface area contributed by atoms with Crippen LogP contribution in [-0.2, 0) is 27.5 Å². The molecule has 0 aromatic heterocycles. The van der Waals surface area contributed by atoms with Gasteiger partial charge < -0.3 is 24.0 Å². The maximum Gasteiger partial charge on any atom is 0.262 e. The third-order valence-electron chi connectivity index (χ3n) is 8.63. The Morgan fingerprint density at radius 2 is 1.28 bits per heavy atom. The van der Waals surface area contributed by atoms with Crippen LogP contribution in [0.1, 0.15) is 36.6 Å². The van der Waals surface area contributed by atoms with Gasteiger partial charge in [0.15, 0.2) is 5.44 Å². The molecule has 256 valence electrons. The Hall–Kier alpha value is -5.05. The number of thioether (sulfide) groups is 1. The van der Waals surface area contributed by atoms with Gasteiger partial charge in [-0.3, -0.25) is 9.59 Å². The fourth-order valence-corrected chi connectivity index (χ4v) is 7.35. The zero-order valence-electron chi connectivity index (χ0n) is 28.6. The summed E-state index contributed by atoms with van der Waals surface area (Å²) in [5.41, 5.74) is 5.08. The van der Waals surface area contributed by atoms with Gasteiger partial charge in [-0.2, -0.15) is 0 Å². The summed E-state index contributed by atoms with van der Waals surface area (Å²) in [6.07, 6.45) is 0. The van der Waals surface area contributed by atoms with E-state index >= 15 is 0 Å². The SMILES string of the molecule is CC.CN1CCOC(SC2C(=O)N(c3ccc(-c4ccccc4)cc3)C2c2ccc(OCc3ccccc3)cc2OCc2ccccc2)C1=O. The Morgan fingerprint density at radius 1 is 0.700 bits per heavy atom. The average molecular weight is 687 g/mol. The molecule has 3 atom stereocenters. The van der Waals surface area contributed by atoms with E-state index < -0.39 is 16.7 Å². The lowest BCUT2D eigenvalue weighted by Crippen LogP contribution is -2.59. The number of ether oxygens (including phenoxy) is 3. The number of carbonyl (C=O) groups is 2. The molecule has 5 aromatic rings. The fourth-order valence-electron chi connectivity index (χ4n) is 5.97. The number of amides is 2. The average Bonchev–Trinajstić information content (AvgIpc) is 3.18. The molecule has 2 saturated heterocycles. The summed E-state index contributed by atoms with van der Waals surface area (Å²) in [5.74, 6) is 1.06. The van der Waals surface area contributed by atoms with E-state index in [2.05, 4.69) is 12.1 Å². The first kappa shape index (κ1) is 34.8. The van der Waals surface area contributed by atoms with E-state index in [9.17, 15) is 9.59 Å². The number of β-lactam (4-membered cyclic amide) rings is 1. The number of benzene rings is 5. The van der Waals surface area contributed by atoms with Crippen molar-refractivity contribution < 1.29 is 23.8 Å². The normalized spacial score (nSPS) is 18.5. The molecule has 2 amide bonds. The Kier molecular flexibility index (Phi) is 11.5. The first-order valence-corrected chi connectivity index (χ1v) is 18.0. The minimum absolute atomic E-state index is 0.0829. The highest BCUT2D eigenvalue weighted by Crippen LogP contribution is 2.50. The number of likely N-dealkylation sites (N-methyl/N-ethyl adjacent to an activating group) is 1. The second-order valence-corrected chi connectivity index (χ2v) is 13.0. The molecule has 3 unspecified atom stereocenters. The molecule has 0 aliphatic carbocycles. The highest BCUT2D eigenvalue weighted by atomic mass is 32.2. The summed E-state index contributed by atoms with van der Waals surface area (Å²) in [7, 11) is 1.77. The first-order chi connectivity index (χ1) is 24.5. The Bertz CT molecular complexity index is 1850. The monoisotopic (exact) mass is 686 g/mol. The summed E-state index contributed by atoms with van der Waals surface area (Å²) in [6.45, 7) is 5.71. The minimum atomic E-state index is -0.759. The van der Waals surface area contributed by atoms with Gasteiger partial charge in [0, 0.05) is 30.9 Å². The Labute approximate surface area is 298 Å². The molecule has 0 radical (unpaired) electrons. The van der Waals surface area contributed by atoms with Gasteiger partial charge in [-0.05, 0) is 46.5 Å². The predicted octanol–water partition coefficient (Wildman–Crippen LogP) is 8.54. The van der Waals surface area contributed by atoms with Crippen molar-refractivity contribution in [2.45, 2.75) is 43.8 Å². The predicted molar refractivity (Wildman–Crippen MR) is 200 cm³/mol. The van der Waals surface area contributed by atoms with E-state index in [4.69, 9.17) is 14.2 Å². The van der Waals surface area contributed by atoms with Crippen LogP contribution >= 0.6 is 11.8 Å². The van der Waals surface area contributed by atoms with Gasteiger partial charge in [0.2, 0.25) is 5.91 Å². The lowest BCUT2D eigenvalue weighted by Gasteiger charge is -2.48. The van der Waals surface area contributed by atoms with Crippen LogP contribution in [0.2, 0.25) is 0 Å². The van der Waals surface area contributed by atoms with Crippen molar-refractivity contribution in [3.63, 3.8) is 0 Å². The van der Waals surface area contributed by atoms with Crippen LogP contribution < -0.4 is 14.4 Å². The van der Waals surface area contributed by atoms with Crippen LogP contribution in [-0.4, -0.2) is 47.6 Å². The van der Waals surface area contributed by atoms with Crippen molar-refractivity contribution in [1.29, 1.82) is 0 Å². The smallest absolute Gasteiger partial charge is 0.262 e. The minimum Gasteiger partial charge on any atom is -0.489 e. The van der Waals surface area contributed by atoms with Gasteiger partial charge in [0.25, 0.3) is 5.91 Å². The summed E-state index contributed by atoms with van der Waals surface area (Å²) in [4.78, 5) is 30.6. The summed E-state index contributed by atoms with van der Waals surface area (Å²) < 4.78 is 18.6. The molecule has 7 nitrogen and oxygen atoms in total. The van der Waals surface area contributed by atoms with Crippen molar-refractivity contribution in [3.05, 3.63) is 150 Å². The van der Waals surface area contributed by atoms with Crippen LogP contribution in [0, 0.1) is 0 Å². The van der Waals surface area contributed by atoms with Crippen LogP contribution in [0.15, 0.2) is 133 Å². The molecule has 2 fully saturated rings. The van der Waals surface area contributed by atoms with Crippen molar-refractivity contribution in [2.75, 3.05) is 25.1 Å². The van der Waals surface area contributed by atoms with Gasteiger partial charge in [-0.15, -0.1) is 11.8 Å². The molecular formula is C42H42N2O5S. The van der Waals surface area contributed by atoms with Crippen LogP contribution in [0.5, 0.6) is 11.5 Å². The molecule has 2 aliphatic rings. The molecular weight excluding hydrogens is 645 g/mol. The number of carbonyl (C=O) groups excluding carboxylic acids is 2. The molecule has 2 heterocycles. The number of rotatable bonds is 11. The lowest BCUT2D eigenvalue weighted by molar-refractivity contribution is -0.143. The second-order valence-electron chi connectivity index (χ2n) is 11.8. The topological polar surface area (TPSA) is 68.3 Å². The third kappa shape index (κ3) is 7.88. The quantitative estimate of drug-likeness (QED) is 0.130. The third-order valence-corrected chi connectivity index (χ3v) is 9.97. The number of hydrogen-bond acceptors (Lipinski definition) is 6. The molecule has 2 aliphatic heterocycles. The number of anilines is 1. The van der Waals surface area contributed by atoms with Gasteiger partial charge in [-0.1, -0.05) is 117 Å². The zero-order valence-corrected chi connectivity index (χ0v) is 29.4. The van der Waals surface area contributed by atoms with Gasteiger partial charge in [0.05, 0.1) is 12.6 Å². The molecule has 8 heteroatoms. The zero-order chi connectivity index (χ0) is 34.9. The molecule has 50 heavy (non-hydrogen) atoms. The maximum atomic E-state index is 14.0. The fraction of sp³-hybridized carbons (Fsp3) is 0.238. The van der Waals surface area contributed by atoms with E-state index in [1.807, 2.05) is 135 Å². The summed E-state index contributed by atoms with van der Waals surface area (Å²) >= 11 is 1.27. The summed E-state index contributed by atoms with van der Waals surface area (Å²) in [6, 6.07) is 43.5. The van der Waals surface area contributed by atoms with E-state index in [-0.39, 0.29) is 11.8 Å². The van der Waals surface area contributed by atoms with Crippen molar-refractivity contribution in [2.24, 2.45) is 0 Å². The van der Waals surface area contributed by atoms with E-state index in [0.29, 0.717) is 37.9 Å². The highest BCUT2D eigenvalue weighted by Gasteiger charge is 2.52. The molecule has 0 saturated carbocycles. The van der Waals surface area contributed by atoms with Gasteiger partial charge in [0.1, 0.15) is 30.0 Å². The first-order valence-electron chi connectivity index (χ1n) is 17.0. The maximum absolute atomic E-state index is 14.0. The van der Waals surface area contributed by atoms with Crippen LogP contribution in [0.3, 0.4) is 0 Å². The van der Waals surface area contributed by atoms with E-state index in [0.717, 1.165) is 33.5 Å². The molecule has 5 aromatic carbocycles. The van der Waals surface area contributed by atoms with Gasteiger partial charge >= 0.3 is 0 Å². The van der Waals surface area contributed by atoms with Gasteiger partial charge in [-0.25, -0.2) is 0 Å². The molecule has 0 spiro atoms. The van der Waals surface area contributed by atoms with Crippen molar-refractivity contribution >= 4 is 29.3 Å². The molecule has 7 rings (SSSR count). The lowest BCUT2D eigenvalue weighted by atomic mass is 9.91. The van der Waals surface area contributed by atoms with Crippen LogP contribution in [0.25, 0.3) is 11.1 Å². The second kappa shape index (κ2) is 16.6. The standard InChI is InChI=1S/C40H36N2O5S.C2H6/c1-41-23-24-45-40(39(41)44)48-37-36(42(38(37)43)32-19-17-31(18-20-32)30-15-9-4-10-16-30)34-22-21-33(46-26-28-11-5-2-6-12-28)25-35(34)47-27-29-13-7-3-8-14-29;1-2/h2-22,25,36-37,40H,23-24,26-27H2,1H3;1-2H3. The molecule has 0 N–H and O–H groups in total. The number of morpholine rings is 1. The highest BCUT2D eigenvalue weighted by molar-refractivity contribution is 8.01. The van der Waals surface area contributed by atoms with E-state index in [1.165, 1.54) is 11.8 Å².